The molecule has 4 saturated carbocycles. The van der Waals surface area contributed by atoms with Crippen molar-refractivity contribution >= 4 is 17.2 Å². The molecule has 4 aliphatic carbocycles. The van der Waals surface area contributed by atoms with Crippen molar-refractivity contribution in [2.45, 2.75) is 51.4 Å². The first-order chi connectivity index (χ1) is 17.0. The fourth-order valence-electron chi connectivity index (χ4n) is 7.28. The highest BCUT2D eigenvalue weighted by molar-refractivity contribution is 7.09. The van der Waals surface area contributed by atoms with Crippen molar-refractivity contribution in [3.63, 3.8) is 0 Å². The smallest absolute Gasteiger partial charge is 0.307 e. The van der Waals surface area contributed by atoms with E-state index in [1.807, 2.05) is 12.1 Å². The third kappa shape index (κ3) is 4.56. The average molecular weight is 489 g/mol. The minimum absolute atomic E-state index is 0.0351. The summed E-state index contributed by atoms with van der Waals surface area (Å²) < 4.78 is 0. The number of aromatic hydroxyl groups is 1. The summed E-state index contributed by atoms with van der Waals surface area (Å²) in [6.45, 7) is 0.687. The standard InChI is InChI=1S/C29H32N2O3S/c32-26-25(35-28(34)31-26)14-19-4-6-23(7-5-19)24-3-1-2-18(13-24)8-9-30-27(33)29-15-20-10-21(16-29)12-22(11-20)17-29/h1-7,13,20-22,32H,8-12,14-17H2,(H,30,33)(H,31,34). The number of amides is 1. The molecule has 2 aromatic carbocycles. The van der Waals surface area contributed by atoms with Gasteiger partial charge in [0.1, 0.15) is 0 Å². The quantitative estimate of drug-likeness (QED) is 0.423. The molecule has 182 valence electrons. The summed E-state index contributed by atoms with van der Waals surface area (Å²) in [4.78, 5) is 27.5. The number of aromatic nitrogens is 1. The first kappa shape index (κ1) is 22.6. The van der Waals surface area contributed by atoms with Crippen LogP contribution in [0, 0.1) is 23.2 Å². The Bertz CT molecular complexity index is 1250. The Labute approximate surface area is 209 Å². The zero-order valence-electron chi connectivity index (χ0n) is 19.9. The highest BCUT2D eigenvalue weighted by Gasteiger charge is 2.54. The molecule has 0 atom stereocenters. The molecular formula is C29H32N2O3S. The molecule has 4 fully saturated rings. The van der Waals surface area contributed by atoms with Crippen molar-refractivity contribution < 1.29 is 9.90 Å². The summed E-state index contributed by atoms with van der Waals surface area (Å²) in [5, 5.41) is 13.1. The molecule has 0 saturated heterocycles. The van der Waals surface area contributed by atoms with Crippen LogP contribution in [0.1, 0.15) is 54.5 Å². The second-order valence-electron chi connectivity index (χ2n) is 11.1. The van der Waals surface area contributed by atoms with E-state index in [2.05, 4.69) is 46.7 Å². The number of aromatic amines is 1. The van der Waals surface area contributed by atoms with Crippen molar-refractivity contribution in [2.24, 2.45) is 23.2 Å². The minimum Gasteiger partial charge on any atom is -0.494 e. The molecule has 3 N–H and O–H groups in total. The van der Waals surface area contributed by atoms with Crippen LogP contribution < -0.4 is 10.2 Å². The molecule has 7 rings (SSSR count). The molecule has 1 amide bonds. The number of rotatable bonds is 7. The van der Waals surface area contributed by atoms with Crippen molar-refractivity contribution in [3.8, 4) is 17.0 Å². The van der Waals surface area contributed by atoms with Gasteiger partial charge < -0.3 is 10.4 Å². The molecule has 4 bridgehead atoms. The van der Waals surface area contributed by atoms with Crippen LogP contribution in [0.4, 0.5) is 0 Å². The first-order valence-corrected chi connectivity index (χ1v) is 13.6. The maximum Gasteiger partial charge on any atom is 0.307 e. The van der Waals surface area contributed by atoms with Gasteiger partial charge in [0, 0.05) is 18.4 Å². The zero-order valence-corrected chi connectivity index (χ0v) is 20.7. The summed E-state index contributed by atoms with van der Waals surface area (Å²) in [5.74, 6) is 2.63. The summed E-state index contributed by atoms with van der Waals surface area (Å²) >= 11 is 1.05. The van der Waals surface area contributed by atoms with Gasteiger partial charge in [0.05, 0.1) is 4.88 Å². The number of nitrogens with one attached hydrogen (secondary N) is 2. The molecule has 3 aromatic rings. The normalized spacial score (nSPS) is 26.7. The topological polar surface area (TPSA) is 82.2 Å². The van der Waals surface area contributed by atoms with Gasteiger partial charge in [-0.2, -0.15) is 0 Å². The summed E-state index contributed by atoms with van der Waals surface area (Å²) in [6.07, 6.45) is 8.76. The van der Waals surface area contributed by atoms with Crippen LogP contribution in [0.3, 0.4) is 0 Å². The van der Waals surface area contributed by atoms with Crippen LogP contribution in [-0.2, 0) is 17.6 Å². The van der Waals surface area contributed by atoms with Gasteiger partial charge in [0.2, 0.25) is 11.8 Å². The third-order valence-corrected chi connectivity index (χ3v) is 9.37. The largest absolute Gasteiger partial charge is 0.494 e. The van der Waals surface area contributed by atoms with Gasteiger partial charge in [-0.25, -0.2) is 0 Å². The number of benzene rings is 2. The number of hydrogen-bond donors (Lipinski definition) is 3. The number of hydrogen-bond acceptors (Lipinski definition) is 4. The molecule has 0 radical (unpaired) electrons. The maximum absolute atomic E-state index is 13.2. The first-order valence-electron chi connectivity index (χ1n) is 12.8. The van der Waals surface area contributed by atoms with E-state index in [4.69, 9.17) is 0 Å². The third-order valence-electron chi connectivity index (χ3n) is 8.50. The van der Waals surface area contributed by atoms with Crippen LogP contribution in [0.25, 0.3) is 11.1 Å². The Morgan fingerprint density at radius 1 is 0.971 bits per heavy atom. The summed E-state index contributed by atoms with van der Waals surface area (Å²) in [6, 6.07) is 16.8. The van der Waals surface area contributed by atoms with Crippen molar-refractivity contribution in [3.05, 3.63) is 74.2 Å². The molecule has 5 nitrogen and oxygen atoms in total. The van der Waals surface area contributed by atoms with Gasteiger partial charge in [-0.05, 0) is 85.0 Å². The number of thiazole rings is 1. The minimum atomic E-state index is -0.236. The van der Waals surface area contributed by atoms with Crippen LogP contribution in [0.2, 0.25) is 0 Å². The van der Waals surface area contributed by atoms with Crippen molar-refractivity contribution in [1.82, 2.24) is 10.3 Å². The highest BCUT2D eigenvalue weighted by Crippen LogP contribution is 2.60. The lowest BCUT2D eigenvalue weighted by Crippen LogP contribution is -2.53. The fraction of sp³-hybridized carbons (Fsp3) is 0.448. The van der Waals surface area contributed by atoms with Gasteiger partial charge in [-0.1, -0.05) is 59.9 Å². The van der Waals surface area contributed by atoms with Crippen LogP contribution in [0.15, 0.2) is 53.3 Å². The summed E-state index contributed by atoms with van der Waals surface area (Å²) in [7, 11) is 0. The van der Waals surface area contributed by atoms with Crippen molar-refractivity contribution in [2.75, 3.05) is 6.54 Å². The molecule has 6 heteroatoms. The van der Waals surface area contributed by atoms with Gasteiger partial charge >= 0.3 is 4.87 Å². The fourth-order valence-corrected chi connectivity index (χ4v) is 8.03. The second-order valence-corrected chi connectivity index (χ2v) is 12.1. The molecule has 1 aromatic heterocycles. The Kier molecular flexibility index (Phi) is 5.79. The van der Waals surface area contributed by atoms with Crippen LogP contribution >= 0.6 is 11.3 Å². The van der Waals surface area contributed by atoms with E-state index in [0.29, 0.717) is 23.7 Å². The Morgan fingerprint density at radius 3 is 2.29 bits per heavy atom. The zero-order chi connectivity index (χ0) is 24.0. The second kappa shape index (κ2) is 8.98. The van der Waals surface area contributed by atoms with Crippen molar-refractivity contribution in [1.29, 1.82) is 0 Å². The number of H-pyrrole nitrogens is 1. The molecule has 0 unspecified atom stereocenters. The lowest BCUT2D eigenvalue weighted by Gasteiger charge is -2.55. The lowest BCUT2D eigenvalue weighted by atomic mass is 9.49. The van der Waals surface area contributed by atoms with Gasteiger partial charge in [0.15, 0.2) is 0 Å². The van der Waals surface area contributed by atoms with E-state index in [-0.39, 0.29) is 16.2 Å². The van der Waals surface area contributed by atoms with Crippen LogP contribution in [0.5, 0.6) is 5.88 Å². The maximum atomic E-state index is 13.2. The van der Waals surface area contributed by atoms with Gasteiger partial charge in [0.25, 0.3) is 0 Å². The average Bonchev–Trinajstić information content (AvgIpc) is 3.15. The van der Waals surface area contributed by atoms with Gasteiger partial charge in [-0.3, -0.25) is 14.6 Å². The number of carbonyl (C=O) groups excluding carboxylic acids is 1. The Hall–Kier alpha value is -2.86. The number of carbonyl (C=O) groups is 1. The molecule has 0 aliphatic heterocycles. The highest BCUT2D eigenvalue weighted by atomic mass is 32.1. The molecule has 0 spiro atoms. The predicted molar refractivity (Wildman–Crippen MR) is 139 cm³/mol. The van der Waals surface area contributed by atoms with E-state index in [0.717, 1.165) is 71.5 Å². The van der Waals surface area contributed by atoms with E-state index >= 15 is 0 Å². The molecule has 1 heterocycles. The Balaban J connectivity index is 1.07. The van der Waals surface area contributed by atoms with E-state index in [1.54, 1.807) is 0 Å². The molecule has 4 aliphatic rings. The monoisotopic (exact) mass is 488 g/mol. The van der Waals surface area contributed by atoms with Crippen LogP contribution in [-0.4, -0.2) is 22.5 Å². The predicted octanol–water partition coefficient (Wildman–Crippen LogP) is 5.27. The van der Waals surface area contributed by atoms with E-state index in [1.165, 1.54) is 24.8 Å². The summed E-state index contributed by atoms with van der Waals surface area (Å²) in [5.41, 5.74) is 4.46. The van der Waals surface area contributed by atoms with E-state index in [9.17, 15) is 14.7 Å². The van der Waals surface area contributed by atoms with Gasteiger partial charge in [-0.15, -0.1) is 0 Å². The molecule has 35 heavy (non-hydrogen) atoms. The Morgan fingerprint density at radius 2 is 1.66 bits per heavy atom. The van der Waals surface area contributed by atoms with E-state index < -0.39 is 0 Å². The molecular weight excluding hydrogens is 456 g/mol. The lowest BCUT2D eigenvalue weighted by molar-refractivity contribution is -0.146. The SMILES string of the molecule is O=C(NCCc1cccc(-c2ccc(Cc3sc(=O)[nH]c3O)cc2)c1)C12CC3CC(CC(C3)C1)C2.